The summed E-state index contributed by atoms with van der Waals surface area (Å²) in [5.74, 6) is 0.733. The van der Waals surface area contributed by atoms with Crippen molar-refractivity contribution >= 4 is 59.1 Å². The molecule has 7 heteroatoms. The average molecular weight is 501 g/mol. The fraction of sp³-hybridized carbons (Fsp3) is 0.286. The van der Waals surface area contributed by atoms with Gasteiger partial charge in [-0.3, -0.25) is 0 Å². The number of aliphatic hydroxyl groups is 1. The van der Waals surface area contributed by atoms with Crippen molar-refractivity contribution in [2.24, 2.45) is 0 Å². The third kappa shape index (κ3) is 4.53. The summed E-state index contributed by atoms with van der Waals surface area (Å²) >= 11 is 11.8. The minimum absolute atomic E-state index is 0.488. The van der Waals surface area contributed by atoms with E-state index in [0.29, 0.717) is 13.2 Å². The molecule has 0 aliphatic rings. The van der Waals surface area contributed by atoms with Gasteiger partial charge in [-0.2, -0.15) is 0 Å². The second-order valence-corrected chi connectivity index (χ2v) is 8.31. The maximum atomic E-state index is 10.4. The lowest BCUT2D eigenvalue weighted by atomic mass is 10.1. The Kier molecular flexibility index (Phi) is 6.71. The molecule has 1 aromatic heterocycles. The normalized spacial score (nSPS) is 12.4. The Labute approximate surface area is 152 Å². The van der Waals surface area contributed by atoms with E-state index in [2.05, 4.69) is 47.8 Å². The summed E-state index contributed by atoms with van der Waals surface area (Å²) < 4.78 is 13.2. The van der Waals surface area contributed by atoms with E-state index < -0.39 is 6.10 Å². The molecule has 0 amide bonds. The first-order valence-corrected chi connectivity index (χ1v) is 9.26. The predicted octanol–water partition coefficient (Wildman–Crippen LogP) is 5.14. The molecule has 0 saturated carbocycles. The van der Waals surface area contributed by atoms with Crippen molar-refractivity contribution in [1.82, 2.24) is 0 Å². The summed E-state index contributed by atoms with van der Waals surface area (Å²) in [6.07, 6.45) is -0.665. The van der Waals surface area contributed by atoms with Crippen LogP contribution in [-0.4, -0.2) is 25.4 Å². The molecule has 0 spiro atoms. The molecular weight excluding hydrogens is 488 g/mol. The number of hydrogen-bond donors (Lipinski definition) is 1. The number of halogens is 3. The molecule has 0 radical (unpaired) electrons. The van der Waals surface area contributed by atoms with Crippen molar-refractivity contribution in [3.05, 3.63) is 47.4 Å². The number of ether oxygens (including phenoxy) is 2. The third-order valence-corrected chi connectivity index (χ3v) is 6.68. The van der Waals surface area contributed by atoms with Gasteiger partial charge in [0.25, 0.3) is 0 Å². The van der Waals surface area contributed by atoms with E-state index in [1.165, 1.54) is 11.3 Å². The number of rotatable bonds is 6. The van der Waals surface area contributed by atoms with Gasteiger partial charge in [-0.25, -0.2) is 0 Å². The van der Waals surface area contributed by atoms with Gasteiger partial charge in [0.2, 0.25) is 0 Å². The van der Waals surface area contributed by atoms with Crippen molar-refractivity contribution in [3.63, 3.8) is 0 Å². The first-order chi connectivity index (χ1) is 10.0. The predicted molar refractivity (Wildman–Crippen MR) is 95.3 cm³/mol. The lowest BCUT2D eigenvalue weighted by Gasteiger charge is -2.12. The lowest BCUT2D eigenvalue weighted by Crippen LogP contribution is -2.05. The zero-order chi connectivity index (χ0) is 15.4. The maximum Gasteiger partial charge on any atom is 0.133 e. The van der Waals surface area contributed by atoms with Crippen LogP contribution in [0.3, 0.4) is 0 Å². The summed E-state index contributed by atoms with van der Waals surface area (Å²) in [6.45, 7) is 1.02. The second-order valence-electron chi connectivity index (χ2n) is 4.20. The lowest BCUT2D eigenvalue weighted by molar-refractivity contribution is 0.146. The summed E-state index contributed by atoms with van der Waals surface area (Å²) in [5, 5.41) is 10.4. The first-order valence-electron chi connectivity index (χ1n) is 6.07. The molecule has 0 aliphatic carbocycles. The minimum atomic E-state index is -0.665. The number of thiophene rings is 1. The van der Waals surface area contributed by atoms with Crippen molar-refractivity contribution in [2.75, 3.05) is 20.3 Å². The van der Waals surface area contributed by atoms with Crippen LogP contribution in [0.1, 0.15) is 16.5 Å². The topological polar surface area (TPSA) is 38.7 Å². The molecule has 0 saturated heterocycles. The highest BCUT2D eigenvalue weighted by atomic mass is 79.9. The monoisotopic (exact) mass is 498 g/mol. The Bertz CT molecular complexity index is 596. The fourth-order valence-corrected chi connectivity index (χ4v) is 4.32. The summed E-state index contributed by atoms with van der Waals surface area (Å²) in [6, 6.07) is 7.49. The molecule has 1 aromatic carbocycles. The largest absolute Gasteiger partial charge is 0.490 e. The van der Waals surface area contributed by atoms with Gasteiger partial charge in [0.15, 0.2) is 0 Å². The summed E-state index contributed by atoms with van der Waals surface area (Å²) in [5.41, 5.74) is 0.808. The van der Waals surface area contributed by atoms with Crippen LogP contribution in [0.2, 0.25) is 0 Å². The molecular formula is C14H13Br3O3S. The van der Waals surface area contributed by atoms with E-state index in [0.717, 1.165) is 28.9 Å². The summed E-state index contributed by atoms with van der Waals surface area (Å²) in [7, 11) is 1.63. The molecule has 1 unspecified atom stereocenters. The second kappa shape index (κ2) is 8.08. The molecule has 2 aromatic rings. The van der Waals surface area contributed by atoms with E-state index in [1.807, 2.05) is 24.3 Å². The fourth-order valence-electron chi connectivity index (χ4n) is 1.70. The van der Waals surface area contributed by atoms with Gasteiger partial charge in [-0.05, 0) is 71.6 Å². The molecule has 1 heterocycles. The van der Waals surface area contributed by atoms with Crippen molar-refractivity contribution in [3.8, 4) is 5.75 Å². The quantitative estimate of drug-likeness (QED) is 0.558. The number of hydrogen-bond acceptors (Lipinski definition) is 4. The van der Waals surface area contributed by atoms with Crippen LogP contribution in [0.25, 0.3) is 0 Å². The highest BCUT2D eigenvalue weighted by molar-refractivity contribution is 9.13. The number of benzene rings is 1. The van der Waals surface area contributed by atoms with Crippen LogP contribution >= 0.6 is 59.1 Å². The third-order valence-electron chi connectivity index (χ3n) is 2.75. The zero-order valence-electron chi connectivity index (χ0n) is 11.1. The van der Waals surface area contributed by atoms with Crippen molar-refractivity contribution < 1.29 is 14.6 Å². The molecule has 21 heavy (non-hydrogen) atoms. The van der Waals surface area contributed by atoms with Crippen molar-refractivity contribution in [1.29, 1.82) is 0 Å². The van der Waals surface area contributed by atoms with Gasteiger partial charge in [-0.1, -0.05) is 6.07 Å². The van der Waals surface area contributed by atoms with Crippen LogP contribution < -0.4 is 4.74 Å². The Morgan fingerprint density at radius 2 is 1.90 bits per heavy atom. The van der Waals surface area contributed by atoms with Gasteiger partial charge in [0, 0.05) is 16.5 Å². The van der Waals surface area contributed by atoms with Crippen LogP contribution in [0.4, 0.5) is 0 Å². The SMILES string of the molecule is COCCOc1ccc(C(O)c2cc(Br)c(Br)s2)cc1Br. The standard InChI is InChI=1S/C14H13Br3O3S/c1-19-4-5-20-11-3-2-8(6-9(11)15)13(18)12-7-10(16)14(17)21-12/h2-3,6-7,13,18H,4-5H2,1H3. The van der Waals surface area contributed by atoms with Crippen molar-refractivity contribution in [2.45, 2.75) is 6.10 Å². The van der Waals surface area contributed by atoms with E-state index in [9.17, 15) is 5.11 Å². The molecule has 0 bridgehead atoms. The number of aliphatic hydroxyl groups excluding tert-OH is 1. The maximum absolute atomic E-state index is 10.4. The molecule has 1 N–H and O–H groups in total. The van der Waals surface area contributed by atoms with E-state index in [1.54, 1.807) is 7.11 Å². The van der Waals surface area contributed by atoms with E-state index in [-0.39, 0.29) is 0 Å². The molecule has 1 atom stereocenters. The summed E-state index contributed by atoms with van der Waals surface area (Å²) in [4.78, 5) is 0.869. The van der Waals surface area contributed by atoms with Gasteiger partial charge in [0.1, 0.15) is 18.5 Å². The average Bonchev–Trinajstić information content (AvgIpc) is 2.80. The van der Waals surface area contributed by atoms with Gasteiger partial charge in [-0.15, -0.1) is 11.3 Å². The van der Waals surface area contributed by atoms with Crippen LogP contribution in [0.5, 0.6) is 5.75 Å². The Balaban J connectivity index is 2.15. The Morgan fingerprint density at radius 1 is 1.14 bits per heavy atom. The minimum Gasteiger partial charge on any atom is -0.490 e. The molecule has 0 fully saturated rings. The van der Waals surface area contributed by atoms with Crippen LogP contribution in [0.15, 0.2) is 37.0 Å². The molecule has 0 aliphatic heterocycles. The Hall–Kier alpha value is 0.0800. The zero-order valence-corrected chi connectivity index (χ0v) is 16.7. The van der Waals surface area contributed by atoms with Gasteiger partial charge < -0.3 is 14.6 Å². The van der Waals surface area contributed by atoms with Gasteiger partial charge in [0.05, 0.1) is 14.9 Å². The van der Waals surface area contributed by atoms with Crippen LogP contribution in [0, 0.1) is 0 Å². The molecule has 114 valence electrons. The van der Waals surface area contributed by atoms with Gasteiger partial charge >= 0.3 is 0 Å². The molecule has 3 nitrogen and oxygen atoms in total. The smallest absolute Gasteiger partial charge is 0.133 e. The highest BCUT2D eigenvalue weighted by Crippen LogP contribution is 2.38. The Morgan fingerprint density at radius 3 is 2.48 bits per heavy atom. The first kappa shape index (κ1) is 17.4. The highest BCUT2D eigenvalue weighted by Gasteiger charge is 2.16. The van der Waals surface area contributed by atoms with Crippen LogP contribution in [-0.2, 0) is 4.74 Å². The number of methoxy groups -OCH3 is 1. The van der Waals surface area contributed by atoms with E-state index in [4.69, 9.17) is 9.47 Å². The molecule has 2 rings (SSSR count). The van der Waals surface area contributed by atoms with E-state index >= 15 is 0 Å².